The van der Waals surface area contributed by atoms with E-state index in [0.717, 1.165) is 9.99 Å². The summed E-state index contributed by atoms with van der Waals surface area (Å²) in [5.41, 5.74) is 5.12. The van der Waals surface area contributed by atoms with E-state index >= 15 is 0 Å². The fourth-order valence-electron chi connectivity index (χ4n) is 6.40. The molecule has 0 unspecified atom stereocenters. The number of hydrogen-bond donors (Lipinski definition) is 0. The van der Waals surface area contributed by atoms with Gasteiger partial charge in [0, 0.05) is 14.9 Å². The van der Waals surface area contributed by atoms with E-state index < -0.39 is 5.41 Å². The number of carbonyl (C=O) groups excluding carboxylic acids is 2. The van der Waals surface area contributed by atoms with Gasteiger partial charge in [-0.3, -0.25) is 9.59 Å². The van der Waals surface area contributed by atoms with Gasteiger partial charge in [-0.1, -0.05) is 67.6 Å². The lowest BCUT2D eigenvalue weighted by Crippen LogP contribution is -2.53. The van der Waals surface area contributed by atoms with E-state index in [2.05, 4.69) is 78.0 Å². The molecule has 0 radical (unpaired) electrons. The molecule has 3 aromatic rings. The van der Waals surface area contributed by atoms with Crippen molar-refractivity contribution >= 4 is 40.1 Å². The minimum absolute atomic E-state index is 0.0510. The quantitative estimate of drug-likeness (QED) is 0.353. The molecule has 148 valence electrons. The van der Waals surface area contributed by atoms with Crippen molar-refractivity contribution in [2.24, 2.45) is 11.8 Å². The summed E-state index contributed by atoms with van der Waals surface area (Å²) in [6, 6.07) is 24.6. The Morgan fingerprint density at radius 3 is 2.00 bits per heavy atom. The molecular weight excluding hydrogens is 485 g/mol. The first-order valence-electron chi connectivity index (χ1n) is 10.4. The molecule has 3 nitrogen and oxygen atoms in total. The van der Waals surface area contributed by atoms with Crippen LogP contribution in [0.3, 0.4) is 0 Å². The van der Waals surface area contributed by atoms with E-state index in [1.807, 2.05) is 24.3 Å². The highest BCUT2D eigenvalue weighted by Crippen LogP contribution is 2.65. The summed E-state index contributed by atoms with van der Waals surface area (Å²) in [6.07, 6.45) is 0.785. The number of nitrogens with zero attached hydrogens (tertiary/aromatic N) is 1. The molecule has 0 spiro atoms. The number of hydrogen-bond acceptors (Lipinski definition) is 2. The highest BCUT2D eigenvalue weighted by Gasteiger charge is 2.67. The first kappa shape index (κ1) is 18.3. The maximum atomic E-state index is 14.0. The molecule has 30 heavy (non-hydrogen) atoms. The van der Waals surface area contributed by atoms with E-state index in [9.17, 15) is 9.59 Å². The van der Waals surface area contributed by atoms with Crippen LogP contribution in [0, 0.1) is 15.4 Å². The predicted molar refractivity (Wildman–Crippen MR) is 124 cm³/mol. The van der Waals surface area contributed by atoms with Gasteiger partial charge in [0.15, 0.2) is 0 Å². The normalized spacial score (nSPS) is 28.3. The fourth-order valence-corrected chi connectivity index (χ4v) is 7.03. The molecule has 3 aliphatic carbocycles. The summed E-state index contributed by atoms with van der Waals surface area (Å²) in [5.74, 6) is -0.886. The molecule has 2 bridgehead atoms. The topological polar surface area (TPSA) is 37.4 Å². The van der Waals surface area contributed by atoms with Gasteiger partial charge in [-0.15, -0.1) is 0 Å². The molecule has 1 fully saturated rings. The van der Waals surface area contributed by atoms with Gasteiger partial charge in [-0.2, -0.15) is 0 Å². The van der Waals surface area contributed by atoms with E-state index in [1.165, 1.54) is 27.2 Å². The summed E-state index contributed by atoms with van der Waals surface area (Å²) in [7, 11) is 0. The predicted octanol–water partition coefficient (Wildman–Crippen LogP) is 5.25. The van der Waals surface area contributed by atoms with Gasteiger partial charge in [-0.05, 0) is 63.4 Å². The van der Waals surface area contributed by atoms with Crippen molar-refractivity contribution in [3.8, 4) is 0 Å². The highest BCUT2D eigenvalue weighted by molar-refractivity contribution is 14.1. The van der Waals surface area contributed by atoms with Crippen LogP contribution in [0.4, 0.5) is 5.69 Å². The molecule has 0 aromatic heterocycles. The lowest BCUT2D eigenvalue weighted by Gasteiger charge is -2.54. The molecule has 4 heteroatoms. The SMILES string of the molecule is CCC12c3ccccc3C(c3ccccc31)[C@@H]1C(=O)N(c3ccccc3I)C(=O)[C@H]12. The molecule has 2 amide bonds. The first-order chi connectivity index (χ1) is 14.6. The Morgan fingerprint density at radius 1 is 0.833 bits per heavy atom. The third-order valence-corrected chi connectivity index (χ3v) is 8.36. The Bertz CT molecular complexity index is 1190. The van der Waals surface area contributed by atoms with Crippen molar-refractivity contribution in [2.75, 3.05) is 4.90 Å². The number of carbonyl (C=O) groups is 2. The van der Waals surface area contributed by atoms with E-state index in [-0.39, 0.29) is 29.6 Å². The van der Waals surface area contributed by atoms with Gasteiger partial charge < -0.3 is 0 Å². The van der Waals surface area contributed by atoms with Crippen molar-refractivity contribution in [2.45, 2.75) is 24.7 Å². The van der Waals surface area contributed by atoms with Gasteiger partial charge in [0.2, 0.25) is 11.8 Å². The number of rotatable bonds is 2. The summed E-state index contributed by atoms with van der Waals surface area (Å²) in [6.45, 7) is 2.16. The van der Waals surface area contributed by atoms with Crippen LogP contribution in [0.15, 0.2) is 72.8 Å². The molecule has 1 aliphatic heterocycles. The monoisotopic (exact) mass is 505 g/mol. The second kappa shape index (κ2) is 6.27. The van der Waals surface area contributed by atoms with Gasteiger partial charge in [-0.25, -0.2) is 4.90 Å². The van der Waals surface area contributed by atoms with Crippen LogP contribution >= 0.6 is 22.6 Å². The zero-order valence-corrected chi connectivity index (χ0v) is 18.7. The Hall–Kier alpha value is -2.47. The smallest absolute Gasteiger partial charge is 0.239 e. The molecule has 0 N–H and O–H groups in total. The van der Waals surface area contributed by atoms with E-state index in [4.69, 9.17) is 0 Å². The second-order valence-electron chi connectivity index (χ2n) is 8.44. The lowest BCUT2D eigenvalue weighted by molar-refractivity contribution is -0.123. The largest absolute Gasteiger partial charge is 0.274 e. The number of amides is 2. The lowest BCUT2D eigenvalue weighted by atomic mass is 9.46. The van der Waals surface area contributed by atoms with Crippen molar-refractivity contribution < 1.29 is 9.59 Å². The summed E-state index contributed by atoms with van der Waals surface area (Å²) >= 11 is 2.22. The van der Waals surface area contributed by atoms with Crippen LogP contribution < -0.4 is 4.90 Å². The number of imide groups is 1. The average molecular weight is 505 g/mol. The van der Waals surface area contributed by atoms with Crippen LogP contribution in [0.1, 0.15) is 41.5 Å². The molecule has 3 aromatic carbocycles. The summed E-state index contributed by atoms with van der Waals surface area (Å²) < 4.78 is 0.920. The number of benzene rings is 3. The number of anilines is 1. The minimum atomic E-state index is -0.464. The number of para-hydroxylation sites is 1. The van der Waals surface area contributed by atoms with Crippen LogP contribution in [0.25, 0.3) is 0 Å². The Balaban J connectivity index is 1.66. The highest BCUT2D eigenvalue weighted by atomic mass is 127. The minimum Gasteiger partial charge on any atom is -0.274 e. The Kier molecular flexibility index (Phi) is 3.82. The van der Waals surface area contributed by atoms with Crippen molar-refractivity contribution in [3.63, 3.8) is 0 Å². The average Bonchev–Trinajstić information content (AvgIpc) is 3.05. The van der Waals surface area contributed by atoms with Crippen molar-refractivity contribution in [1.29, 1.82) is 0 Å². The summed E-state index contributed by atoms with van der Waals surface area (Å²) in [4.78, 5) is 29.3. The molecule has 4 aliphatic rings. The maximum absolute atomic E-state index is 14.0. The molecule has 0 saturated carbocycles. The Morgan fingerprint density at radius 2 is 1.40 bits per heavy atom. The standard InChI is InChI=1S/C26H20INO2/c1-2-26-17-11-5-3-9-15(17)21(16-10-4-6-12-18(16)26)22-23(26)25(30)28(24(22)29)20-14-8-7-13-19(20)27/h3-14,21-23H,2H2,1H3/t21?,22-,23-,26?/m0/s1. The van der Waals surface area contributed by atoms with Gasteiger partial charge >= 0.3 is 0 Å². The van der Waals surface area contributed by atoms with E-state index in [0.29, 0.717) is 5.69 Å². The van der Waals surface area contributed by atoms with Crippen molar-refractivity contribution in [3.05, 3.63) is 98.6 Å². The van der Waals surface area contributed by atoms with Crippen LogP contribution in [-0.2, 0) is 15.0 Å². The fraction of sp³-hybridized carbons (Fsp3) is 0.231. The summed E-state index contributed by atoms with van der Waals surface area (Å²) in [5, 5.41) is 0. The molecular formula is C26H20INO2. The molecule has 7 rings (SSSR count). The second-order valence-corrected chi connectivity index (χ2v) is 9.61. The zero-order chi connectivity index (χ0) is 20.6. The van der Waals surface area contributed by atoms with Gasteiger partial charge in [0.1, 0.15) is 0 Å². The van der Waals surface area contributed by atoms with Crippen LogP contribution in [0.5, 0.6) is 0 Å². The van der Waals surface area contributed by atoms with Crippen molar-refractivity contribution in [1.82, 2.24) is 0 Å². The third-order valence-electron chi connectivity index (χ3n) is 7.45. The van der Waals surface area contributed by atoms with Gasteiger partial charge in [0.25, 0.3) is 0 Å². The van der Waals surface area contributed by atoms with Crippen LogP contribution in [0.2, 0.25) is 0 Å². The van der Waals surface area contributed by atoms with E-state index in [1.54, 1.807) is 0 Å². The Labute approximate surface area is 189 Å². The van der Waals surface area contributed by atoms with Crippen LogP contribution in [-0.4, -0.2) is 11.8 Å². The molecule has 1 saturated heterocycles. The molecule has 1 heterocycles. The zero-order valence-electron chi connectivity index (χ0n) is 16.5. The first-order valence-corrected chi connectivity index (χ1v) is 11.5. The third kappa shape index (κ3) is 2.01. The maximum Gasteiger partial charge on any atom is 0.239 e. The number of halogens is 1. The van der Waals surface area contributed by atoms with Gasteiger partial charge in [0.05, 0.1) is 17.5 Å². The molecule has 2 atom stereocenters.